The molecule has 1 aromatic carbocycles. The first kappa shape index (κ1) is 10.6. The van der Waals surface area contributed by atoms with Crippen LogP contribution in [0, 0.1) is 0 Å². The van der Waals surface area contributed by atoms with Crippen LogP contribution in [0.4, 0.5) is 0 Å². The average Bonchev–Trinajstić information content (AvgIpc) is 3.07. The largest absolute Gasteiger partial charge is 0.210 e. The van der Waals surface area contributed by atoms with Crippen molar-refractivity contribution in [3.05, 3.63) is 58.8 Å². The topological polar surface area (TPSA) is 49.4 Å². The normalized spacial score (nSPS) is 13.5. The zero-order valence-electron chi connectivity index (χ0n) is 8.47. The molecule has 0 atom stereocenters. The van der Waals surface area contributed by atoms with Gasteiger partial charge in [0.05, 0.1) is 0 Å². The van der Waals surface area contributed by atoms with Crippen LogP contribution in [0.1, 0.15) is 11.7 Å². The summed E-state index contributed by atoms with van der Waals surface area (Å²) < 4.78 is 0. The molecule has 0 amide bonds. The van der Waals surface area contributed by atoms with Gasteiger partial charge in [-0.3, -0.25) is 0 Å². The van der Waals surface area contributed by atoms with Crippen LogP contribution in [-0.2, 0) is 0 Å². The van der Waals surface area contributed by atoms with E-state index in [2.05, 4.69) is 20.7 Å². The van der Waals surface area contributed by atoms with Gasteiger partial charge >= 0.3 is 0 Å². The van der Waals surface area contributed by atoms with Gasteiger partial charge in [0.25, 0.3) is 0 Å². The van der Waals surface area contributed by atoms with Crippen LogP contribution in [0.25, 0.3) is 0 Å². The van der Waals surface area contributed by atoms with Crippen LogP contribution in [0.2, 0.25) is 0 Å². The molecule has 0 bridgehead atoms. The summed E-state index contributed by atoms with van der Waals surface area (Å²) in [6.45, 7) is 0. The molecule has 0 unspecified atom stereocenters. The molecular formula is C11H10N4S. The zero-order chi connectivity index (χ0) is 11.1. The fourth-order valence-electron chi connectivity index (χ4n) is 1.15. The van der Waals surface area contributed by atoms with Gasteiger partial charge in [-0.1, -0.05) is 42.5 Å². The van der Waals surface area contributed by atoms with Crippen molar-refractivity contribution in [1.82, 2.24) is 0 Å². The molecular weight excluding hydrogens is 220 g/mol. The smallest absolute Gasteiger partial charge is 0.152 e. The van der Waals surface area contributed by atoms with E-state index in [1.165, 1.54) is 0 Å². The fraction of sp³-hybridized carbons (Fsp3) is 0.0909. The van der Waals surface area contributed by atoms with Crippen molar-refractivity contribution < 1.29 is 0 Å². The van der Waals surface area contributed by atoms with Gasteiger partial charge in [0.1, 0.15) is 0 Å². The summed E-state index contributed by atoms with van der Waals surface area (Å²) >= 11 is 1.71. The van der Waals surface area contributed by atoms with Gasteiger partial charge in [-0.15, -0.1) is 10.2 Å². The van der Waals surface area contributed by atoms with Crippen molar-refractivity contribution in [2.45, 2.75) is 6.17 Å². The van der Waals surface area contributed by atoms with Gasteiger partial charge in [0, 0.05) is 5.56 Å². The van der Waals surface area contributed by atoms with Crippen LogP contribution >= 0.6 is 11.3 Å². The Kier molecular flexibility index (Phi) is 3.90. The van der Waals surface area contributed by atoms with Crippen molar-refractivity contribution in [2.75, 3.05) is 0 Å². The first-order valence-corrected chi connectivity index (χ1v) is 5.73. The number of thiophene rings is 1. The highest BCUT2D eigenvalue weighted by atomic mass is 32.1. The SMILES string of the molecule is c1ccc(C2N=NN=N2)cc1.c1ccsc1. The Labute approximate surface area is 97.4 Å². The summed E-state index contributed by atoms with van der Waals surface area (Å²) in [5, 5.41) is 18.5. The van der Waals surface area contributed by atoms with Crippen LogP contribution in [0.5, 0.6) is 0 Å². The highest BCUT2D eigenvalue weighted by Crippen LogP contribution is 2.22. The van der Waals surface area contributed by atoms with Gasteiger partial charge in [-0.05, 0) is 21.2 Å². The molecule has 5 heteroatoms. The van der Waals surface area contributed by atoms with E-state index in [1.807, 2.05) is 53.2 Å². The molecule has 0 saturated heterocycles. The van der Waals surface area contributed by atoms with E-state index in [9.17, 15) is 0 Å². The predicted octanol–water partition coefficient (Wildman–Crippen LogP) is 4.27. The van der Waals surface area contributed by atoms with E-state index in [0.29, 0.717) is 0 Å². The van der Waals surface area contributed by atoms with E-state index in [0.717, 1.165) is 5.56 Å². The standard InChI is InChI=1S/C7H6N4.C4H4S/c1-2-4-6(5-3-1)7-8-10-11-9-7;1-2-4-5-3-1/h1-5,7H;1-4H. The summed E-state index contributed by atoms with van der Waals surface area (Å²) in [5.74, 6) is 0. The molecule has 0 spiro atoms. The molecule has 16 heavy (non-hydrogen) atoms. The minimum Gasteiger partial charge on any atom is -0.152 e. The summed E-state index contributed by atoms with van der Waals surface area (Å²) in [5.41, 5.74) is 1.03. The third kappa shape index (κ3) is 3.06. The number of benzene rings is 1. The maximum Gasteiger partial charge on any atom is 0.210 e. The predicted molar refractivity (Wildman–Crippen MR) is 63.2 cm³/mol. The van der Waals surface area contributed by atoms with Crippen LogP contribution in [0.15, 0.2) is 73.9 Å². The lowest BCUT2D eigenvalue weighted by Gasteiger charge is -1.98. The zero-order valence-corrected chi connectivity index (χ0v) is 9.29. The average molecular weight is 230 g/mol. The second-order valence-electron chi connectivity index (χ2n) is 2.99. The Morgan fingerprint density at radius 1 is 0.812 bits per heavy atom. The van der Waals surface area contributed by atoms with E-state index in [4.69, 9.17) is 0 Å². The molecule has 0 aliphatic carbocycles. The highest BCUT2D eigenvalue weighted by Gasteiger charge is 2.10. The maximum absolute atomic E-state index is 3.80. The first-order chi connectivity index (χ1) is 7.97. The summed E-state index contributed by atoms with van der Waals surface area (Å²) in [4.78, 5) is 0. The third-order valence-corrected chi connectivity index (χ3v) is 2.51. The first-order valence-electron chi connectivity index (χ1n) is 4.79. The van der Waals surface area contributed by atoms with Gasteiger partial charge in [-0.25, -0.2) is 0 Å². The number of nitrogens with zero attached hydrogens (tertiary/aromatic N) is 4. The molecule has 0 saturated carbocycles. The van der Waals surface area contributed by atoms with Crippen molar-refractivity contribution in [3.63, 3.8) is 0 Å². The molecule has 3 rings (SSSR count). The van der Waals surface area contributed by atoms with E-state index in [1.54, 1.807) is 11.3 Å². The Bertz CT molecular complexity index is 421. The van der Waals surface area contributed by atoms with Crippen molar-refractivity contribution in [1.29, 1.82) is 0 Å². The number of hydrogen-bond donors (Lipinski definition) is 0. The molecule has 0 radical (unpaired) electrons. The molecule has 1 aliphatic heterocycles. The Morgan fingerprint density at radius 2 is 1.44 bits per heavy atom. The summed E-state index contributed by atoms with van der Waals surface area (Å²) in [7, 11) is 0. The van der Waals surface area contributed by atoms with Gasteiger partial charge in [0.15, 0.2) is 0 Å². The molecule has 1 aliphatic rings. The van der Waals surface area contributed by atoms with Crippen LogP contribution in [0.3, 0.4) is 0 Å². The Morgan fingerprint density at radius 3 is 1.94 bits per heavy atom. The molecule has 80 valence electrons. The molecule has 2 aromatic rings. The minimum absolute atomic E-state index is 0.212. The van der Waals surface area contributed by atoms with Gasteiger partial charge in [-0.2, -0.15) is 11.3 Å². The maximum atomic E-state index is 3.80. The molecule has 4 nitrogen and oxygen atoms in total. The van der Waals surface area contributed by atoms with Crippen molar-refractivity contribution in [3.8, 4) is 0 Å². The fourth-order valence-corrected chi connectivity index (χ4v) is 1.61. The van der Waals surface area contributed by atoms with E-state index < -0.39 is 0 Å². The quantitative estimate of drug-likeness (QED) is 0.702. The van der Waals surface area contributed by atoms with Crippen molar-refractivity contribution in [2.24, 2.45) is 20.7 Å². The molecule has 2 heterocycles. The third-order valence-electron chi connectivity index (χ3n) is 1.89. The second kappa shape index (κ2) is 5.87. The Hall–Kier alpha value is -1.88. The van der Waals surface area contributed by atoms with Gasteiger partial charge in [0.2, 0.25) is 6.17 Å². The summed E-state index contributed by atoms with van der Waals surface area (Å²) in [6, 6.07) is 13.8. The lowest BCUT2D eigenvalue weighted by atomic mass is 10.2. The molecule has 0 N–H and O–H groups in total. The highest BCUT2D eigenvalue weighted by molar-refractivity contribution is 7.07. The summed E-state index contributed by atoms with van der Waals surface area (Å²) in [6.07, 6.45) is -0.212. The monoisotopic (exact) mass is 230 g/mol. The molecule has 1 aromatic heterocycles. The second-order valence-corrected chi connectivity index (χ2v) is 3.80. The van der Waals surface area contributed by atoms with Crippen LogP contribution < -0.4 is 0 Å². The van der Waals surface area contributed by atoms with E-state index in [-0.39, 0.29) is 6.17 Å². The lowest BCUT2D eigenvalue weighted by molar-refractivity contribution is 0.765. The van der Waals surface area contributed by atoms with Crippen molar-refractivity contribution >= 4 is 11.3 Å². The minimum atomic E-state index is -0.212. The number of hydrogen-bond acceptors (Lipinski definition) is 5. The number of rotatable bonds is 1. The van der Waals surface area contributed by atoms with Crippen LogP contribution in [-0.4, -0.2) is 0 Å². The Balaban J connectivity index is 0.000000162. The lowest BCUT2D eigenvalue weighted by Crippen LogP contribution is -1.85. The van der Waals surface area contributed by atoms with E-state index >= 15 is 0 Å². The van der Waals surface area contributed by atoms with Gasteiger partial charge < -0.3 is 0 Å². The molecule has 0 fully saturated rings.